The van der Waals surface area contributed by atoms with Crippen LogP contribution in [-0.4, -0.2) is 19.8 Å². The van der Waals surface area contributed by atoms with E-state index in [1.54, 1.807) is 13.7 Å². The predicted octanol–water partition coefficient (Wildman–Crippen LogP) is 1.22. The quantitative estimate of drug-likeness (QED) is 0.515. The zero-order valence-electron chi connectivity index (χ0n) is 5.68. The van der Waals surface area contributed by atoms with E-state index in [1.165, 1.54) is 0 Å². The number of hydrogen-bond donors (Lipinski definition) is 0. The van der Waals surface area contributed by atoms with E-state index < -0.39 is 0 Å². The first kappa shape index (κ1) is 7.92. The molecule has 0 bridgehead atoms. The topological polar surface area (TPSA) is 18.5 Å². The second kappa shape index (κ2) is 5.06. The Hall–Kier alpha value is -0.0800. The Morgan fingerprint density at radius 3 is 2.50 bits per heavy atom. The third-order valence-corrected chi connectivity index (χ3v) is 0.603. The monoisotopic (exact) mass is 117 g/mol. The van der Waals surface area contributed by atoms with E-state index in [1.807, 2.05) is 13.8 Å². The molecule has 0 aromatic rings. The van der Waals surface area contributed by atoms with Crippen LogP contribution in [0, 0.1) is 6.61 Å². The molecular weight excluding hydrogens is 104 g/mol. The van der Waals surface area contributed by atoms with Crippen LogP contribution in [0.1, 0.15) is 13.8 Å². The molecule has 0 aliphatic heterocycles. The fourth-order valence-electron chi connectivity index (χ4n) is 0.300. The maximum atomic E-state index is 5.03. The third kappa shape index (κ3) is 5.92. The molecule has 2 heteroatoms. The molecule has 1 radical (unpaired) electrons. The molecule has 0 N–H and O–H groups in total. The van der Waals surface area contributed by atoms with Crippen LogP contribution in [0.25, 0.3) is 0 Å². The summed E-state index contributed by atoms with van der Waals surface area (Å²) in [6, 6.07) is 0. The molecule has 2 nitrogen and oxygen atoms in total. The molecule has 8 heavy (non-hydrogen) atoms. The maximum Gasteiger partial charge on any atom is 0.110 e. The van der Waals surface area contributed by atoms with E-state index in [0.29, 0.717) is 6.61 Å². The highest BCUT2D eigenvalue weighted by Gasteiger charge is 1.90. The van der Waals surface area contributed by atoms with Gasteiger partial charge in [0.05, 0.1) is 12.7 Å². The molecule has 0 unspecified atom stereocenters. The van der Waals surface area contributed by atoms with Crippen molar-refractivity contribution >= 4 is 0 Å². The zero-order valence-corrected chi connectivity index (χ0v) is 5.68. The molecular formula is C6H13O2. The average Bonchev–Trinajstić information content (AvgIpc) is 1.66. The highest BCUT2D eigenvalue weighted by molar-refractivity contribution is 4.48. The van der Waals surface area contributed by atoms with Crippen LogP contribution in [0.5, 0.6) is 0 Å². The number of rotatable bonds is 4. The summed E-state index contributed by atoms with van der Waals surface area (Å²) in [5, 5.41) is 0. The first-order valence-electron chi connectivity index (χ1n) is 2.73. The van der Waals surface area contributed by atoms with Crippen LogP contribution < -0.4 is 0 Å². The van der Waals surface area contributed by atoms with Gasteiger partial charge in [-0.2, -0.15) is 0 Å². The van der Waals surface area contributed by atoms with Crippen LogP contribution in [0.2, 0.25) is 0 Å². The van der Waals surface area contributed by atoms with Gasteiger partial charge in [0, 0.05) is 7.11 Å². The van der Waals surface area contributed by atoms with Crippen molar-refractivity contribution in [1.29, 1.82) is 0 Å². The highest BCUT2D eigenvalue weighted by Crippen LogP contribution is 1.89. The number of methoxy groups -OCH3 is 1. The van der Waals surface area contributed by atoms with Gasteiger partial charge in [-0.05, 0) is 13.8 Å². The van der Waals surface area contributed by atoms with Crippen molar-refractivity contribution < 1.29 is 9.47 Å². The minimum absolute atomic E-state index is 0.269. The molecule has 0 saturated carbocycles. The van der Waals surface area contributed by atoms with E-state index in [0.717, 1.165) is 0 Å². The lowest BCUT2D eigenvalue weighted by Gasteiger charge is -2.03. The van der Waals surface area contributed by atoms with E-state index in [-0.39, 0.29) is 6.10 Å². The van der Waals surface area contributed by atoms with Gasteiger partial charge in [-0.25, -0.2) is 0 Å². The Bertz CT molecular complexity index is 43.8. The molecule has 0 saturated heterocycles. The molecule has 0 spiro atoms. The van der Waals surface area contributed by atoms with E-state index in [4.69, 9.17) is 9.47 Å². The van der Waals surface area contributed by atoms with Crippen molar-refractivity contribution in [3.8, 4) is 0 Å². The van der Waals surface area contributed by atoms with Crippen LogP contribution in [-0.2, 0) is 9.47 Å². The summed E-state index contributed by atoms with van der Waals surface area (Å²) >= 11 is 0. The summed E-state index contributed by atoms with van der Waals surface area (Å²) in [5.41, 5.74) is 0. The third-order valence-electron chi connectivity index (χ3n) is 0.603. The lowest BCUT2D eigenvalue weighted by atomic mass is 10.5. The summed E-state index contributed by atoms with van der Waals surface area (Å²) in [5.74, 6) is 0. The minimum Gasteiger partial charge on any atom is -0.382 e. The summed E-state index contributed by atoms with van der Waals surface area (Å²) in [4.78, 5) is 0. The van der Waals surface area contributed by atoms with Gasteiger partial charge in [0.15, 0.2) is 0 Å². The van der Waals surface area contributed by atoms with Crippen molar-refractivity contribution in [3.63, 3.8) is 0 Å². The normalized spacial score (nSPS) is 10.5. The van der Waals surface area contributed by atoms with Gasteiger partial charge in [-0.15, -0.1) is 0 Å². The van der Waals surface area contributed by atoms with Gasteiger partial charge in [0.2, 0.25) is 0 Å². The smallest absolute Gasteiger partial charge is 0.110 e. The highest BCUT2D eigenvalue weighted by atomic mass is 16.5. The van der Waals surface area contributed by atoms with Crippen LogP contribution >= 0.6 is 0 Å². The Balaban J connectivity index is 2.72. The SMILES string of the molecule is COC[CH]OC(C)C. The molecule has 0 aromatic carbocycles. The van der Waals surface area contributed by atoms with Gasteiger partial charge < -0.3 is 9.47 Å². The minimum atomic E-state index is 0.269. The Kier molecular flexibility index (Phi) is 5.01. The van der Waals surface area contributed by atoms with E-state index in [9.17, 15) is 0 Å². The molecule has 49 valence electrons. The molecule has 0 aliphatic rings. The average molecular weight is 117 g/mol. The lowest BCUT2D eigenvalue weighted by Crippen LogP contribution is -2.02. The standard InChI is InChI=1S/C6H13O2/c1-6(2)8-5-4-7-3/h5-6H,4H2,1-3H3. The fraction of sp³-hybridized carbons (Fsp3) is 0.833. The Labute approximate surface area is 50.8 Å². The number of ether oxygens (including phenoxy) is 2. The van der Waals surface area contributed by atoms with Gasteiger partial charge >= 0.3 is 0 Å². The van der Waals surface area contributed by atoms with Crippen molar-refractivity contribution in [1.82, 2.24) is 0 Å². The van der Waals surface area contributed by atoms with Crippen LogP contribution in [0.4, 0.5) is 0 Å². The summed E-state index contributed by atoms with van der Waals surface area (Å²) in [7, 11) is 1.64. The first-order chi connectivity index (χ1) is 3.77. The second-order valence-corrected chi connectivity index (χ2v) is 1.81. The van der Waals surface area contributed by atoms with Crippen LogP contribution in [0.15, 0.2) is 0 Å². The molecule has 0 aromatic heterocycles. The first-order valence-corrected chi connectivity index (χ1v) is 2.73. The molecule has 0 atom stereocenters. The fourth-order valence-corrected chi connectivity index (χ4v) is 0.300. The van der Waals surface area contributed by atoms with Crippen molar-refractivity contribution in [2.45, 2.75) is 20.0 Å². The van der Waals surface area contributed by atoms with E-state index >= 15 is 0 Å². The Morgan fingerprint density at radius 2 is 2.12 bits per heavy atom. The second-order valence-electron chi connectivity index (χ2n) is 1.81. The molecule has 0 amide bonds. The summed E-state index contributed by atoms with van der Waals surface area (Å²) < 4.78 is 9.74. The molecule has 0 fully saturated rings. The Morgan fingerprint density at radius 1 is 1.50 bits per heavy atom. The number of hydrogen-bond acceptors (Lipinski definition) is 2. The maximum absolute atomic E-state index is 5.03. The van der Waals surface area contributed by atoms with Gasteiger partial charge in [-0.1, -0.05) is 0 Å². The van der Waals surface area contributed by atoms with Gasteiger partial charge in [0.1, 0.15) is 6.61 Å². The van der Waals surface area contributed by atoms with E-state index in [2.05, 4.69) is 0 Å². The van der Waals surface area contributed by atoms with Crippen LogP contribution in [0.3, 0.4) is 0 Å². The van der Waals surface area contributed by atoms with Gasteiger partial charge in [0.25, 0.3) is 0 Å². The predicted molar refractivity (Wildman–Crippen MR) is 32.4 cm³/mol. The zero-order chi connectivity index (χ0) is 6.41. The van der Waals surface area contributed by atoms with Crippen molar-refractivity contribution in [2.24, 2.45) is 0 Å². The van der Waals surface area contributed by atoms with Gasteiger partial charge in [-0.3, -0.25) is 0 Å². The summed E-state index contributed by atoms with van der Waals surface area (Å²) in [6.45, 7) is 6.18. The van der Waals surface area contributed by atoms with Crippen molar-refractivity contribution in [2.75, 3.05) is 13.7 Å². The summed E-state index contributed by atoms with van der Waals surface area (Å²) in [6.07, 6.45) is 0.269. The molecule has 0 rings (SSSR count). The molecule has 0 heterocycles. The largest absolute Gasteiger partial charge is 0.382 e. The lowest BCUT2D eigenvalue weighted by molar-refractivity contribution is 0.0858. The van der Waals surface area contributed by atoms with Crippen molar-refractivity contribution in [3.05, 3.63) is 6.61 Å². The molecule has 0 aliphatic carbocycles.